The molecule has 0 bridgehead atoms. The van der Waals surface area contributed by atoms with E-state index in [1.54, 1.807) is 0 Å². The Labute approximate surface area is 113 Å². The summed E-state index contributed by atoms with van der Waals surface area (Å²) in [6, 6.07) is 8.21. The van der Waals surface area contributed by atoms with Crippen LogP contribution < -0.4 is 10.6 Å². The van der Waals surface area contributed by atoms with E-state index in [0.717, 1.165) is 19.3 Å². The summed E-state index contributed by atoms with van der Waals surface area (Å²) in [7, 11) is 0. The van der Waals surface area contributed by atoms with E-state index in [1.807, 2.05) is 6.07 Å². The molecule has 3 atom stereocenters. The molecule has 3 rings (SSSR count). The minimum Gasteiger partial charge on any atom is -0.392 e. The second kappa shape index (κ2) is 5.31. The van der Waals surface area contributed by atoms with Gasteiger partial charge in [0.15, 0.2) is 0 Å². The highest BCUT2D eigenvalue weighted by atomic mass is 16.3. The van der Waals surface area contributed by atoms with Crippen molar-refractivity contribution in [3.63, 3.8) is 0 Å². The van der Waals surface area contributed by atoms with Gasteiger partial charge in [-0.05, 0) is 36.8 Å². The fourth-order valence-corrected chi connectivity index (χ4v) is 3.09. The number of rotatable bonds is 2. The molecule has 1 saturated heterocycles. The smallest absolute Gasteiger partial charge is 0.237 e. The quantitative estimate of drug-likeness (QED) is 0.740. The minimum absolute atomic E-state index is 0.0123. The average molecular weight is 260 g/mol. The largest absolute Gasteiger partial charge is 0.392 e. The molecule has 1 aromatic carbocycles. The molecule has 1 aliphatic heterocycles. The van der Waals surface area contributed by atoms with Gasteiger partial charge in [-0.3, -0.25) is 4.79 Å². The molecule has 1 aromatic rings. The summed E-state index contributed by atoms with van der Waals surface area (Å²) in [5.41, 5.74) is 2.60. The Hall–Kier alpha value is -1.39. The molecular weight excluding hydrogens is 240 g/mol. The maximum atomic E-state index is 12.2. The first-order chi connectivity index (χ1) is 9.24. The molecule has 4 heteroatoms. The van der Waals surface area contributed by atoms with Gasteiger partial charge in [-0.25, -0.2) is 0 Å². The van der Waals surface area contributed by atoms with E-state index in [9.17, 15) is 9.90 Å². The first kappa shape index (κ1) is 12.6. The van der Waals surface area contributed by atoms with Crippen LogP contribution in [-0.4, -0.2) is 29.7 Å². The summed E-state index contributed by atoms with van der Waals surface area (Å²) >= 11 is 0. The van der Waals surface area contributed by atoms with Crippen LogP contribution >= 0.6 is 0 Å². The third-order valence-corrected chi connectivity index (χ3v) is 4.11. The Bertz CT molecular complexity index is 475. The van der Waals surface area contributed by atoms with Crippen LogP contribution in [0.4, 0.5) is 0 Å². The normalized spacial score (nSPS) is 29.8. The highest BCUT2D eigenvalue weighted by Crippen LogP contribution is 2.29. The molecule has 1 heterocycles. The van der Waals surface area contributed by atoms with Crippen molar-refractivity contribution in [3.05, 3.63) is 35.4 Å². The third-order valence-electron chi connectivity index (χ3n) is 4.11. The molecule has 2 aliphatic rings. The molecule has 102 valence electrons. The van der Waals surface area contributed by atoms with Crippen molar-refractivity contribution in [1.82, 2.24) is 10.6 Å². The van der Waals surface area contributed by atoms with Gasteiger partial charge in [0.05, 0.1) is 18.2 Å². The van der Waals surface area contributed by atoms with Gasteiger partial charge in [0.25, 0.3) is 0 Å². The number of aliphatic hydroxyl groups is 1. The second-order valence-corrected chi connectivity index (χ2v) is 5.50. The van der Waals surface area contributed by atoms with Gasteiger partial charge in [-0.1, -0.05) is 24.3 Å². The zero-order chi connectivity index (χ0) is 13.2. The van der Waals surface area contributed by atoms with Crippen molar-refractivity contribution in [1.29, 1.82) is 0 Å². The number of hydrogen-bond donors (Lipinski definition) is 3. The molecule has 1 amide bonds. The molecule has 0 spiro atoms. The zero-order valence-corrected chi connectivity index (χ0v) is 10.9. The van der Waals surface area contributed by atoms with Crippen molar-refractivity contribution in [2.45, 2.75) is 43.9 Å². The summed E-state index contributed by atoms with van der Waals surface area (Å²) in [6.45, 7) is 0.513. The molecule has 19 heavy (non-hydrogen) atoms. The van der Waals surface area contributed by atoms with E-state index in [4.69, 9.17) is 0 Å². The average Bonchev–Trinajstić information content (AvgIpc) is 2.86. The van der Waals surface area contributed by atoms with Crippen molar-refractivity contribution < 1.29 is 9.90 Å². The first-order valence-electron chi connectivity index (χ1n) is 7.03. The molecule has 4 nitrogen and oxygen atoms in total. The molecule has 1 fully saturated rings. The van der Waals surface area contributed by atoms with E-state index in [-0.39, 0.29) is 18.0 Å². The number of aliphatic hydroxyl groups excluding tert-OH is 1. The van der Waals surface area contributed by atoms with Crippen molar-refractivity contribution >= 4 is 5.91 Å². The lowest BCUT2D eigenvalue weighted by atomic mass is 9.87. The van der Waals surface area contributed by atoms with E-state index < -0.39 is 6.10 Å². The number of amides is 1. The van der Waals surface area contributed by atoms with Gasteiger partial charge < -0.3 is 15.7 Å². The lowest BCUT2D eigenvalue weighted by molar-refractivity contribution is -0.123. The number of aryl methyl sites for hydroxylation is 1. The van der Waals surface area contributed by atoms with Crippen LogP contribution in [0.25, 0.3) is 0 Å². The lowest BCUT2D eigenvalue weighted by Crippen LogP contribution is -2.42. The maximum Gasteiger partial charge on any atom is 0.237 e. The van der Waals surface area contributed by atoms with Crippen molar-refractivity contribution in [2.75, 3.05) is 6.54 Å². The molecule has 1 aliphatic carbocycles. The Morgan fingerprint density at radius 2 is 2.21 bits per heavy atom. The van der Waals surface area contributed by atoms with Crippen LogP contribution in [0.1, 0.15) is 36.4 Å². The van der Waals surface area contributed by atoms with Gasteiger partial charge in [-0.2, -0.15) is 0 Å². The minimum atomic E-state index is -0.394. The zero-order valence-electron chi connectivity index (χ0n) is 10.9. The van der Waals surface area contributed by atoms with E-state index >= 15 is 0 Å². The van der Waals surface area contributed by atoms with Gasteiger partial charge in [0, 0.05) is 6.54 Å². The topological polar surface area (TPSA) is 61.4 Å². The molecular formula is C15H20N2O2. The van der Waals surface area contributed by atoms with Crippen LogP contribution in [-0.2, 0) is 11.2 Å². The van der Waals surface area contributed by atoms with Crippen molar-refractivity contribution in [3.8, 4) is 0 Å². The summed E-state index contributed by atoms with van der Waals surface area (Å²) < 4.78 is 0. The summed E-state index contributed by atoms with van der Waals surface area (Å²) in [4.78, 5) is 12.2. The molecule has 0 unspecified atom stereocenters. The number of benzene rings is 1. The number of carbonyl (C=O) groups is 1. The predicted octanol–water partition coefficient (Wildman–Crippen LogP) is 0.903. The maximum absolute atomic E-state index is 12.2. The number of carbonyl (C=O) groups excluding carboxylic acids is 1. The van der Waals surface area contributed by atoms with Gasteiger partial charge in [0.2, 0.25) is 5.91 Å². The fraction of sp³-hybridized carbons (Fsp3) is 0.533. The molecule has 0 aromatic heterocycles. The Kier molecular flexibility index (Phi) is 3.53. The van der Waals surface area contributed by atoms with Crippen molar-refractivity contribution in [2.24, 2.45) is 0 Å². The number of β-amino-alcohol motifs (C(OH)–C–C–N with tert-alkyl or cyclic N) is 1. The lowest BCUT2D eigenvalue weighted by Gasteiger charge is -2.27. The fourth-order valence-electron chi connectivity index (χ4n) is 3.09. The monoisotopic (exact) mass is 260 g/mol. The second-order valence-electron chi connectivity index (χ2n) is 5.50. The van der Waals surface area contributed by atoms with Crippen LogP contribution in [0, 0.1) is 0 Å². The third kappa shape index (κ3) is 2.65. The summed E-state index contributed by atoms with van der Waals surface area (Å²) in [6.07, 6.45) is 3.33. The number of nitrogens with one attached hydrogen (secondary N) is 2. The van der Waals surface area contributed by atoms with Crippen LogP contribution in [0.2, 0.25) is 0 Å². The van der Waals surface area contributed by atoms with E-state index in [2.05, 4.69) is 28.8 Å². The summed E-state index contributed by atoms with van der Waals surface area (Å²) in [5.74, 6) is 0.0123. The standard InChI is InChI=1S/C15H20N2O2/c18-11-8-14(16-9-11)15(19)17-13-7-3-5-10-4-1-2-6-12(10)13/h1-2,4,6,11,13-14,16,18H,3,5,7-9H2,(H,17,19)/t11-,13-,14-/m1/s1. The Morgan fingerprint density at radius 3 is 3.00 bits per heavy atom. The Morgan fingerprint density at radius 1 is 1.37 bits per heavy atom. The molecule has 0 saturated carbocycles. The first-order valence-corrected chi connectivity index (χ1v) is 7.03. The van der Waals surface area contributed by atoms with Gasteiger partial charge >= 0.3 is 0 Å². The van der Waals surface area contributed by atoms with E-state index in [0.29, 0.717) is 13.0 Å². The Balaban J connectivity index is 1.69. The molecule has 0 radical (unpaired) electrons. The van der Waals surface area contributed by atoms with Gasteiger partial charge in [-0.15, -0.1) is 0 Å². The number of fused-ring (bicyclic) bond motifs is 1. The SMILES string of the molecule is O=C(N[C@@H]1CCCc2ccccc21)[C@H]1C[C@@H](O)CN1. The molecule has 3 N–H and O–H groups in total. The van der Waals surface area contributed by atoms with Crippen LogP contribution in [0.15, 0.2) is 24.3 Å². The van der Waals surface area contributed by atoms with Crippen LogP contribution in [0.5, 0.6) is 0 Å². The van der Waals surface area contributed by atoms with Crippen LogP contribution in [0.3, 0.4) is 0 Å². The highest BCUT2D eigenvalue weighted by Gasteiger charge is 2.30. The van der Waals surface area contributed by atoms with Gasteiger partial charge in [0.1, 0.15) is 0 Å². The summed E-state index contributed by atoms with van der Waals surface area (Å²) in [5, 5.41) is 15.7. The number of hydrogen-bond acceptors (Lipinski definition) is 3. The predicted molar refractivity (Wildman–Crippen MR) is 72.7 cm³/mol. The highest BCUT2D eigenvalue weighted by molar-refractivity contribution is 5.82. The van der Waals surface area contributed by atoms with E-state index in [1.165, 1.54) is 11.1 Å².